The van der Waals surface area contributed by atoms with E-state index >= 15 is 0 Å². The maximum absolute atomic E-state index is 11.4. The minimum atomic E-state index is 0.842. The minimum absolute atomic E-state index is 0.842. The van der Waals surface area contributed by atoms with E-state index in [-0.39, 0.29) is 0 Å². The second-order valence-corrected chi connectivity index (χ2v) is 12.6. The Morgan fingerprint density at radius 3 is 1.59 bits per heavy atom. The van der Waals surface area contributed by atoms with E-state index < -0.39 is 0 Å². The number of hydrogen-bond acceptors (Lipinski definition) is 0. The third kappa shape index (κ3) is 11.5. The summed E-state index contributed by atoms with van der Waals surface area (Å²) < 4.78 is 1.39. The van der Waals surface area contributed by atoms with Crippen LogP contribution in [0.1, 0.15) is 111 Å². The molecule has 2 aromatic carbocycles. The Bertz CT molecular complexity index is 1110. The van der Waals surface area contributed by atoms with Crippen molar-refractivity contribution in [3.05, 3.63) is 99.1 Å². The van der Waals surface area contributed by atoms with Gasteiger partial charge in [-0.2, -0.15) is 0 Å². The summed E-state index contributed by atoms with van der Waals surface area (Å²) in [4.78, 5) is 0. The van der Waals surface area contributed by atoms with E-state index in [2.05, 4.69) is 100 Å². The molecule has 0 radical (unpaired) electrons. The molecule has 1 aliphatic heterocycles. The van der Waals surface area contributed by atoms with Gasteiger partial charge >= 0.3 is 28.8 Å². The van der Waals surface area contributed by atoms with E-state index in [9.17, 15) is 5.53 Å². The zero-order chi connectivity index (χ0) is 28.6. The molecule has 0 bridgehead atoms. The summed E-state index contributed by atoms with van der Waals surface area (Å²) in [5, 5.41) is 4.35. The molecule has 0 unspecified atom stereocenters. The first-order valence-electron chi connectivity index (χ1n) is 14.8. The van der Waals surface area contributed by atoms with Crippen LogP contribution < -0.4 is 0 Å². The van der Waals surface area contributed by atoms with E-state index in [0.29, 0.717) is 0 Å². The molecule has 0 fully saturated rings. The molecule has 1 heterocycles. The number of rotatable bonds is 14. The van der Waals surface area contributed by atoms with E-state index in [4.69, 9.17) is 0 Å². The average Bonchev–Trinajstić information content (AvgIpc) is 3.20. The van der Waals surface area contributed by atoms with Gasteiger partial charge in [-0.3, -0.25) is 0 Å². The summed E-state index contributed by atoms with van der Waals surface area (Å²) in [7, 11) is 0. The van der Waals surface area contributed by atoms with Gasteiger partial charge in [0.15, 0.2) is 0 Å². The maximum atomic E-state index is 11.4. The van der Waals surface area contributed by atoms with Crippen molar-refractivity contribution < 1.29 is 22.7 Å². The van der Waals surface area contributed by atoms with Crippen LogP contribution in [0.3, 0.4) is 0 Å². The van der Waals surface area contributed by atoms with Gasteiger partial charge in [-0.1, -0.05) is 111 Å². The number of benzene rings is 2. The van der Waals surface area contributed by atoms with Gasteiger partial charge < -0.3 is 5.53 Å². The molecule has 0 N–H and O–H groups in total. The molecule has 39 heavy (non-hydrogen) atoms. The van der Waals surface area contributed by atoms with Gasteiger partial charge in [-0.05, 0) is 64.8 Å². The van der Waals surface area contributed by atoms with Gasteiger partial charge in [-0.15, -0.1) is 0 Å². The fourth-order valence-corrected chi connectivity index (χ4v) is 5.34. The molecule has 0 aromatic heterocycles. The molecule has 2 nitrogen and oxygen atoms in total. The van der Waals surface area contributed by atoms with Crippen LogP contribution in [0.4, 0.5) is 0 Å². The van der Waals surface area contributed by atoms with Crippen LogP contribution in [0.5, 0.6) is 0 Å². The molecule has 1 aliphatic rings. The van der Waals surface area contributed by atoms with Crippen LogP contribution in [0.2, 0.25) is 10.8 Å². The molecule has 0 amide bonds. The van der Waals surface area contributed by atoms with E-state index in [1.54, 1.807) is 0 Å². The van der Waals surface area contributed by atoms with Crippen LogP contribution >= 0.6 is 0 Å². The molecule has 0 atom stereocenters. The van der Waals surface area contributed by atoms with Crippen molar-refractivity contribution in [1.82, 2.24) is 0 Å². The third-order valence-corrected chi connectivity index (χ3v) is 7.04. The Kier molecular flexibility index (Phi) is 15.5. The van der Waals surface area contributed by atoms with Crippen LogP contribution in [-0.2, 0) is 18.0 Å². The molecule has 0 saturated carbocycles. The fraction of sp³-hybridized carbons (Fsp3) is 0.500. The Balaban J connectivity index is 0.00000170. The van der Waals surface area contributed by atoms with Crippen molar-refractivity contribution in [3.63, 3.8) is 0 Å². The molecule has 0 spiro atoms. The Labute approximate surface area is 248 Å². The van der Waals surface area contributed by atoms with Crippen LogP contribution in [0.25, 0.3) is 16.9 Å². The Morgan fingerprint density at radius 2 is 1.10 bits per heavy atom. The normalized spacial score (nSPS) is 13.3. The molecule has 0 aliphatic carbocycles. The quantitative estimate of drug-likeness (QED) is 0.114. The van der Waals surface area contributed by atoms with Crippen LogP contribution in [0.15, 0.2) is 60.2 Å². The van der Waals surface area contributed by atoms with Crippen LogP contribution in [-0.4, -0.2) is 4.70 Å². The molecule has 0 saturated heterocycles. The molecule has 216 valence electrons. The second kappa shape index (κ2) is 18.3. The van der Waals surface area contributed by atoms with Crippen molar-refractivity contribution >= 4 is 11.4 Å². The topological polar surface area (TPSA) is 25.3 Å². The van der Waals surface area contributed by atoms with Crippen molar-refractivity contribution in [2.24, 2.45) is 0 Å². The number of hydrogen-bond donors (Lipinski definition) is 0. The number of allylic oxidation sites excluding steroid dienone is 4. The number of aryl methyl sites for hydroxylation is 4. The predicted octanol–water partition coefficient (Wildman–Crippen LogP) is 11.8. The summed E-state index contributed by atoms with van der Waals surface area (Å²) in [6.07, 6.45) is 21.3. The SMILES string of the molecule is CCCCCCCCCCCCC=CC1=C(c2cc(C)cc(C)c2)[N+](=[N-])C(c2cc(C)cc(C)c2)=C1.[CH3][Pd][CH3]. The van der Waals surface area contributed by atoms with Gasteiger partial charge in [0.2, 0.25) is 11.4 Å². The fourth-order valence-electron chi connectivity index (χ4n) is 5.34. The first-order chi connectivity index (χ1) is 18.8. The van der Waals surface area contributed by atoms with Gasteiger partial charge in [-0.25, -0.2) is 4.70 Å². The average molecular weight is 619 g/mol. The molecule has 3 heteroatoms. The first kappa shape index (κ1) is 33.1. The monoisotopic (exact) mass is 618 g/mol. The number of unbranched alkanes of at least 4 members (excludes halogenated alkanes) is 10. The van der Waals surface area contributed by atoms with E-state index in [1.165, 1.54) is 91.2 Å². The first-order valence-corrected chi connectivity index (χ1v) is 17.9. The van der Waals surface area contributed by atoms with E-state index in [0.717, 1.165) is 52.5 Å². The van der Waals surface area contributed by atoms with Gasteiger partial charge in [0.25, 0.3) is 0 Å². The molecular weight excluding hydrogens is 567 g/mol. The molecule has 3 rings (SSSR count). The summed E-state index contributed by atoms with van der Waals surface area (Å²) in [6.45, 7) is 10.7. The Morgan fingerprint density at radius 1 is 0.667 bits per heavy atom. The summed E-state index contributed by atoms with van der Waals surface area (Å²) in [5.74, 6) is 0. The molecule has 2 aromatic rings. The second-order valence-electron chi connectivity index (χ2n) is 11.1. The zero-order valence-corrected chi connectivity index (χ0v) is 27.2. The van der Waals surface area contributed by atoms with Gasteiger partial charge in [0.1, 0.15) is 0 Å². The summed E-state index contributed by atoms with van der Waals surface area (Å²) in [5.41, 5.74) is 21.1. The van der Waals surface area contributed by atoms with Crippen molar-refractivity contribution in [3.8, 4) is 0 Å². The van der Waals surface area contributed by atoms with Crippen molar-refractivity contribution in [2.75, 3.05) is 0 Å². The van der Waals surface area contributed by atoms with Gasteiger partial charge in [0.05, 0.1) is 5.57 Å². The zero-order valence-electron chi connectivity index (χ0n) is 25.7. The van der Waals surface area contributed by atoms with E-state index in [1.807, 2.05) is 0 Å². The third-order valence-electron chi connectivity index (χ3n) is 7.04. The predicted molar refractivity (Wildman–Crippen MR) is 168 cm³/mol. The number of nitrogens with zero attached hydrogens (tertiary/aromatic N) is 2. The van der Waals surface area contributed by atoms with Crippen molar-refractivity contribution in [2.45, 2.75) is 116 Å². The van der Waals surface area contributed by atoms with Crippen LogP contribution in [0, 0.1) is 27.7 Å². The van der Waals surface area contributed by atoms with Gasteiger partial charge in [0, 0.05) is 17.2 Å². The molecular formula is C36H52N2Pd. The summed E-state index contributed by atoms with van der Waals surface area (Å²) >= 11 is 0.950. The summed E-state index contributed by atoms with van der Waals surface area (Å²) in [6, 6.07) is 13.0. The van der Waals surface area contributed by atoms with Crippen molar-refractivity contribution in [1.29, 1.82) is 0 Å². The standard InChI is InChI=1S/C34H46N2.2CH3.Pd/c1-6-7-8-9-10-11-12-13-14-15-16-17-18-30-25-33(31-21-26(2)19-27(3)22-31)36(35)34(30)32-23-28(4)20-29(5)24-32;;;/h17-25H,6-16H2,1-5H3;2*1H3;. The Hall–Kier alpha value is -2.08.